The van der Waals surface area contributed by atoms with Gasteiger partial charge in [0.1, 0.15) is 23.0 Å². The summed E-state index contributed by atoms with van der Waals surface area (Å²) in [5, 5.41) is 0. The number of hydrogen-bond donors (Lipinski definition) is 0. The molecule has 0 unspecified atom stereocenters. The van der Waals surface area contributed by atoms with Crippen LogP contribution in [-0.2, 0) is 10.8 Å². The molecule has 0 aliphatic heterocycles. The molecule has 4 aromatic heterocycles. The standard InChI is InChI=1S/C74H88O6S4/c1-5-9-13-17-21-25-45-77-57-37-29-53(30-38-57)73(54-31-39-58(40-32-54)78-46-26-22-18-14-10-6-2)63-49-61(51-75)81-67(63)69-65(73)71-72(83-69)66-70(84-71)68-64(50-62(52-76)82-68)74(66,55-33-41-59(42-34-55)79-47-27-23-19-15-11-7-3)56-35-43-60(44-36-56)80-48-28-24-20-16-12-8-4/h29-44,49-52H,5-28,45-48H2,1-4H3. The number of thiophene rings is 4. The number of carbonyl (C=O) groups is 2. The lowest BCUT2D eigenvalue weighted by atomic mass is 9.67. The Morgan fingerprint density at radius 3 is 0.821 bits per heavy atom. The van der Waals surface area contributed by atoms with Crippen molar-refractivity contribution < 1.29 is 28.5 Å². The van der Waals surface area contributed by atoms with E-state index in [2.05, 4.69) is 137 Å². The van der Waals surface area contributed by atoms with Crippen molar-refractivity contribution in [2.75, 3.05) is 26.4 Å². The highest BCUT2D eigenvalue weighted by atomic mass is 32.1. The Kier molecular flexibility index (Phi) is 22.1. The zero-order chi connectivity index (χ0) is 58.1. The Bertz CT molecular complexity index is 2990. The first kappa shape index (κ1) is 61.6. The van der Waals surface area contributed by atoms with Gasteiger partial charge in [-0.15, -0.1) is 45.3 Å². The van der Waals surface area contributed by atoms with Gasteiger partial charge in [0.05, 0.1) is 75.9 Å². The van der Waals surface area contributed by atoms with Crippen molar-refractivity contribution in [3.05, 3.63) is 163 Å². The summed E-state index contributed by atoms with van der Waals surface area (Å²) >= 11 is 6.94. The quantitative estimate of drug-likeness (QED) is 0.0284. The number of rotatable bonds is 38. The number of carbonyl (C=O) groups excluding carboxylic acids is 2. The van der Waals surface area contributed by atoms with Gasteiger partial charge in [-0.2, -0.15) is 0 Å². The Morgan fingerprint density at radius 2 is 0.571 bits per heavy atom. The predicted octanol–water partition coefficient (Wildman–Crippen LogP) is 22.4. The van der Waals surface area contributed by atoms with Gasteiger partial charge in [-0.05, 0) is 120 Å². The Hall–Kier alpha value is -5.52. The largest absolute Gasteiger partial charge is 0.494 e. The number of benzene rings is 4. The third-order valence-electron chi connectivity index (χ3n) is 17.4. The molecule has 0 amide bonds. The summed E-state index contributed by atoms with van der Waals surface area (Å²) in [4.78, 5) is 32.2. The maximum absolute atomic E-state index is 13.1. The molecule has 0 fully saturated rings. The summed E-state index contributed by atoms with van der Waals surface area (Å²) in [6.45, 7) is 11.8. The summed E-state index contributed by atoms with van der Waals surface area (Å²) in [5.74, 6) is 3.45. The van der Waals surface area contributed by atoms with E-state index in [9.17, 15) is 9.59 Å². The van der Waals surface area contributed by atoms with E-state index in [0.717, 1.165) is 104 Å². The van der Waals surface area contributed by atoms with E-state index in [-0.39, 0.29) is 0 Å². The summed E-state index contributed by atoms with van der Waals surface area (Å²) in [7, 11) is 0. The Labute approximate surface area is 517 Å². The van der Waals surface area contributed by atoms with Crippen molar-refractivity contribution in [3.63, 3.8) is 0 Å². The second kappa shape index (κ2) is 30.2. The molecule has 84 heavy (non-hydrogen) atoms. The normalized spacial score (nSPS) is 13.4. The predicted molar refractivity (Wildman–Crippen MR) is 356 cm³/mol. The fraction of sp³-hybridized carbons (Fsp3) is 0.459. The van der Waals surface area contributed by atoms with Crippen molar-refractivity contribution in [1.82, 2.24) is 0 Å². The Morgan fingerprint density at radius 1 is 0.321 bits per heavy atom. The van der Waals surface area contributed by atoms with Crippen LogP contribution in [-0.4, -0.2) is 39.0 Å². The molecule has 0 saturated heterocycles. The lowest BCUT2D eigenvalue weighted by Gasteiger charge is -2.34. The van der Waals surface area contributed by atoms with Crippen molar-refractivity contribution in [3.8, 4) is 42.5 Å². The first-order chi connectivity index (χ1) is 41.4. The molecule has 0 radical (unpaired) electrons. The van der Waals surface area contributed by atoms with Crippen LogP contribution < -0.4 is 18.9 Å². The minimum atomic E-state index is -0.784. The van der Waals surface area contributed by atoms with Gasteiger partial charge in [0.15, 0.2) is 12.6 Å². The highest BCUT2D eigenvalue weighted by Gasteiger charge is 2.55. The van der Waals surface area contributed by atoms with Crippen molar-refractivity contribution in [1.29, 1.82) is 0 Å². The van der Waals surface area contributed by atoms with Crippen LogP contribution in [0.25, 0.3) is 28.9 Å². The van der Waals surface area contributed by atoms with Gasteiger partial charge in [-0.1, -0.05) is 205 Å². The minimum absolute atomic E-state index is 0.687. The summed E-state index contributed by atoms with van der Waals surface area (Å²) in [6.07, 6.45) is 31.0. The summed E-state index contributed by atoms with van der Waals surface area (Å²) in [5.41, 5.74) is 7.69. The monoisotopic (exact) mass is 1200 g/mol. The van der Waals surface area contributed by atoms with E-state index >= 15 is 0 Å². The molecule has 4 heterocycles. The van der Waals surface area contributed by atoms with Gasteiger partial charge in [-0.25, -0.2) is 0 Å². The minimum Gasteiger partial charge on any atom is -0.494 e. The van der Waals surface area contributed by atoms with Crippen LogP contribution in [0, 0.1) is 0 Å². The maximum Gasteiger partial charge on any atom is 0.160 e. The Balaban J connectivity index is 1.10. The highest BCUT2D eigenvalue weighted by molar-refractivity contribution is 7.34. The van der Waals surface area contributed by atoms with Gasteiger partial charge in [0.25, 0.3) is 0 Å². The van der Waals surface area contributed by atoms with E-state index in [1.807, 2.05) is 22.7 Å². The fourth-order valence-corrected chi connectivity index (χ4v) is 18.5. The molecule has 8 aromatic rings. The van der Waals surface area contributed by atoms with E-state index in [1.165, 1.54) is 159 Å². The second-order valence-corrected chi connectivity index (χ2v) is 27.6. The number of unbranched alkanes of at least 4 members (excludes halogenated alkanes) is 20. The number of fused-ring (bicyclic) bond motifs is 9. The first-order valence-corrected chi connectivity index (χ1v) is 35.4. The van der Waals surface area contributed by atoms with Gasteiger partial charge < -0.3 is 18.9 Å². The molecule has 10 rings (SSSR count). The molecule has 4 aromatic carbocycles. The topological polar surface area (TPSA) is 71.1 Å². The SMILES string of the molecule is CCCCCCCCOc1ccc(C2(c3ccc(OCCCCCCCC)cc3)c3cc(C=O)sc3-c3sc4c5c(sc4c32)-c2sc(C=O)cc2C5(c2ccc(OCCCCCCCC)cc2)c2ccc(OCCCCCCCC)cc2)cc1. The molecule has 0 saturated carbocycles. The molecule has 0 spiro atoms. The van der Waals surface area contributed by atoms with E-state index in [4.69, 9.17) is 18.9 Å². The molecule has 0 atom stereocenters. The highest BCUT2D eigenvalue weighted by Crippen LogP contribution is 2.70. The number of ether oxygens (including phenoxy) is 4. The van der Waals surface area contributed by atoms with Crippen molar-refractivity contribution in [2.45, 2.75) is 193 Å². The first-order valence-electron chi connectivity index (χ1n) is 32.2. The molecule has 2 aliphatic rings. The number of hydrogen-bond acceptors (Lipinski definition) is 10. The summed E-state index contributed by atoms with van der Waals surface area (Å²) in [6, 6.07) is 39.7. The van der Waals surface area contributed by atoms with Crippen LogP contribution in [0.3, 0.4) is 0 Å². The van der Waals surface area contributed by atoms with Crippen molar-refractivity contribution in [2.24, 2.45) is 0 Å². The van der Waals surface area contributed by atoms with Gasteiger partial charge >= 0.3 is 0 Å². The van der Waals surface area contributed by atoms with Crippen LogP contribution in [0.2, 0.25) is 0 Å². The molecule has 6 nitrogen and oxygen atoms in total. The van der Waals surface area contributed by atoms with Crippen LogP contribution in [0.4, 0.5) is 0 Å². The number of aldehydes is 2. The lowest BCUT2D eigenvalue weighted by molar-refractivity contribution is 0.111. The molecule has 2 aliphatic carbocycles. The van der Waals surface area contributed by atoms with Gasteiger partial charge in [0, 0.05) is 11.1 Å². The van der Waals surface area contributed by atoms with Gasteiger partial charge in [0.2, 0.25) is 0 Å². The average molecular weight is 1200 g/mol. The lowest BCUT2D eigenvalue weighted by Crippen LogP contribution is -2.29. The third-order valence-corrected chi connectivity index (χ3v) is 22.4. The zero-order valence-corrected chi connectivity index (χ0v) is 53.7. The molecule has 10 heteroatoms. The molecule has 0 bridgehead atoms. The van der Waals surface area contributed by atoms with E-state index in [1.54, 1.807) is 22.7 Å². The van der Waals surface area contributed by atoms with E-state index in [0.29, 0.717) is 36.2 Å². The average Bonchev–Trinajstić information content (AvgIpc) is 1.50. The van der Waals surface area contributed by atoms with E-state index < -0.39 is 10.8 Å². The second-order valence-electron chi connectivity index (χ2n) is 23.4. The third kappa shape index (κ3) is 13.1. The smallest absolute Gasteiger partial charge is 0.160 e. The molecule has 0 N–H and O–H groups in total. The van der Waals surface area contributed by atoms with Crippen LogP contribution in [0.15, 0.2) is 109 Å². The molecule has 444 valence electrons. The van der Waals surface area contributed by atoms with Crippen LogP contribution >= 0.6 is 45.3 Å². The zero-order valence-electron chi connectivity index (χ0n) is 50.4. The summed E-state index contributed by atoms with van der Waals surface area (Å²) < 4.78 is 28.3. The molecular weight excluding hydrogens is 1110 g/mol. The van der Waals surface area contributed by atoms with Crippen LogP contribution in [0.5, 0.6) is 23.0 Å². The maximum atomic E-state index is 13.1. The van der Waals surface area contributed by atoms with Crippen LogP contribution in [0.1, 0.15) is 246 Å². The van der Waals surface area contributed by atoms with Gasteiger partial charge in [-0.3, -0.25) is 9.59 Å². The fourth-order valence-electron chi connectivity index (χ4n) is 13.1. The molecular formula is C74H88O6S4. The van der Waals surface area contributed by atoms with Crippen molar-refractivity contribution >= 4 is 67.3 Å².